The van der Waals surface area contributed by atoms with Crippen molar-refractivity contribution in [3.8, 4) is 17.2 Å². The predicted molar refractivity (Wildman–Crippen MR) is 115 cm³/mol. The average molecular weight is 478 g/mol. The van der Waals surface area contributed by atoms with E-state index in [0.29, 0.717) is 10.9 Å². The Hall–Kier alpha value is -2.80. The molecule has 184 valence electrons. The minimum absolute atomic E-state index is 0.0911. The molecule has 1 aliphatic carbocycles. The Bertz CT molecular complexity index is 1140. The van der Waals surface area contributed by atoms with Gasteiger partial charge in [-0.05, 0) is 36.4 Å². The fourth-order valence-corrected chi connectivity index (χ4v) is 4.52. The lowest BCUT2D eigenvalue weighted by Gasteiger charge is -2.39. The van der Waals surface area contributed by atoms with Crippen LogP contribution in [0.4, 0.5) is 0 Å². The van der Waals surface area contributed by atoms with Gasteiger partial charge < -0.3 is 44.8 Å². The van der Waals surface area contributed by atoms with Crippen LogP contribution in [-0.2, 0) is 16.0 Å². The average Bonchev–Trinajstić information content (AvgIpc) is 2.75. The maximum atomic E-state index is 12.5. The number of fused-ring (bicyclic) bond motifs is 2. The van der Waals surface area contributed by atoms with E-state index in [4.69, 9.17) is 14.2 Å². The number of hydrogen-bond acceptors (Lipinski definition) is 11. The number of ether oxygens (including phenoxy) is 3. The van der Waals surface area contributed by atoms with Crippen LogP contribution in [0.2, 0.25) is 0 Å². The lowest BCUT2D eigenvalue weighted by Crippen LogP contribution is -2.60. The molecule has 11 nitrogen and oxygen atoms in total. The molecule has 1 aliphatic heterocycles. The summed E-state index contributed by atoms with van der Waals surface area (Å²) in [5, 5.41) is 61.4. The number of aliphatic hydroxyl groups excluding tert-OH is 5. The first kappa shape index (κ1) is 24.3. The molecule has 0 radical (unpaired) electrons. The van der Waals surface area contributed by atoms with E-state index in [2.05, 4.69) is 0 Å². The molecule has 0 spiro atoms. The molecule has 0 bridgehead atoms. The van der Waals surface area contributed by atoms with Gasteiger partial charge in [0.2, 0.25) is 6.29 Å². The van der Waals surface area contributed by atoms with E-state index in [0.717, 1.165) is 6.92 Å². The molecule has 0 aromatic heterocycles. The Morgan fingerprint density at radius 3 is 2.47 bits per heavy atom. The second-order valence-corrected chi connectivity index (χ2v) is 8.58. The second-order valence-electron chi connectivity index (χ2n) is 8.58. The fourth-order valence-electron chi connectivity index (χ4n) is 4.52. The number of aromatic hydroxyl groups is 1. The summed E-state index contributed by atoms with van der Waals surface area (Å²) in [5.74, 6) is -1.64. The summed E-state index contributed by atoms with van der Waals surface area (Å²) in [5.41, 5.74) is 0.788. The highest BCUT2D eigenvalue weighted by molar-refractivity contribution is 6.08. The van der Waals surface area contributed by atoms with Crippen molar-refractivity contribution in [3.63, 3.8) is 0 Å². The first-order valence-electron chi connectivity index (χ1n) is 10.7. The van der Waals surface area contributed by atoms with Crippen LogP contribution in [0.15, 0.2) is 12.1 Å². The van der Waals surface area contributed by atoms with Crippen molar-refractivity contribution in [3.05, 3.63) is 28.8 Å². The molecule has 34 heavy (non-hydrogen) atoms. The standard InChI is InChI=1S/C23H26O11/c1-8-16-11(3-10-4-12(26)6-13(27)17(10)19(16)29)5-14(22(8)32-9(2)25)33-23-21(31)20(30)18(28)15(7-24)34-23/h3,5,12,15,18,20-21,23-24,26,28-31H,4,6-7H2,1-2H3. The molecule has 6 unspecified atom stereocenters. The van der Waals surface area contributed by atoms with Crippen molar-refractivity contribution in [1.82, 2.24) is 0 Å². The third kappa shape index (κ3) is 4.11. The molecule has 1 heterocycles. The van der Waals surface area contributed by atoms with Crippen LogP contribution in [0.3, 0.4) is 0 Å². The lowest BCUT2D eigenvalue weighted by molar-refractivity contribution is -0.277. The summed E-state index contributed by atoms with van der Waals surface area (Å²) in [4.78, 5) is 24.3. The molecule has 1 fully saturated rings. The summed E-state index contributed by atoms with van der Waals surface area (Å²) in [7, 11) is 0. The molecule has 2 aromatic carbocycles. The van der Waals surface area contributed by atoms with Crippen molar-refractivity contribution in [2.45, 2.75) is 63.5 Å². The number of carbonyl (C=O) groups is 2. The SMILES string of the molecule is CC(=O)Oc1c(OC2OC(CO)C(O)C(O)C2O)cc2cc3c(c(O)c2c1C)C(=O)CC(O)C3. The van der Waals surface area contributed by atoms with E-state index in [1.807, 2.05) is 0 Å². The molecule has 2 aliphatic rings. The molecule has 6 atom stereocenters. The van der Waals surface area contributed by atoms with Crippen LogP contribution in [0.1, 0.15) is 34.8 Å². The molecule has 2 aromatic rings. The van der Waals surface area contributed by atoms with Crippen molar-refractivity contribution in [2.24, 2.45) is 0 Å². The Kier molecular flexibility index (Phi) is 6.51. The maximum Gasteiger partial charge on any atom is 0.308 e. The third-order valence-electron chi connectivity index (χ3n) is 6.13. The summed E-state index contributed by atoms with van der Waals surface area (Å²) < 4.78 is 16.4. The molecule has 0 saturated carbocycles. The zero-order valence-electron chi connectivity index (χ0n) is 18.5. The van der Waals surface area contributed by atoms with Crippen molar-refractivity contribution >= 4 is 22.5 Å². The lowest BCUT2D eigenvalue weighted by atomic mass is 9.85. The van der Waals surface area contributed by atoms with Crippen LogP contribution >= 0.6 is 0 Å². The zero-order valence-corrected chi connectivity index (χ0v) is 18.5. The van der Waals surface area contributed by atoms with Crippen LogP contribution < -0.4 is 9.47 Å². The van der Waals surface area contributed by atoms with Gasteiger partial charge in [-0.2, -0.15) is 0 Å². The van der Waals surface area contributed by atoms with E-state index in [-0.39, 0.29) is 46.6 Å². The van der Waals surface area contributed by atoms with Gasteiger partial charge in [-0.25, -0.2) is 0 Å². The molecule has 11 heteroatoms. The van der Waals surface area contributed by atoms with E-state index >= 15 is 0 Å². The van der Waals surface area contributed by atoms with Gasteiger partial charge in [-0.1, -0.05) is 0 Å². The number of aryl methyl sites for hydroxylation is 1. The summed E-state index contributed by atoms with van der Waals surface area (Å²) in [6.45, 7) is 2.03. The van der Waals surface area contributed by atoms with E-state index in [1.165, 1.54) is 13.0 Å². The third-order valence-corrected chi connectivity index (χ3v) is 6.13. The maximum absolute atomic E-state index is 12.5. The predicted octanol–water partition coefficient (Wildman–Crippen LogP) is -0.552. The summed E-state index contributed by atoms with van der Waals surface area (Å²) in [6, 6.07) is 3.00. The van der Waals surface area contributed by atoms with E-state index < -0.39 is 55.2 Å². The number of benzene rings is 2. The van der Waals surface area contributed by atoms with Crippen LogP contribution in [0.25, 0.3) is 10.8 Å². The van der Waals surface area contributed by atoms with Gasteiger partial charge in [0.15, 0.2) is 17.3 Å². The zero-order chi connectivity index (χ0) is 24.9. The van der Waals surface area contributed by atoms with Gasteiger partial charge in [-0.3, -0.25) is 9.59 Å². The number of Topliss-reactive ketones (excluding diaryl/α,β-unsaturated/α-hetero) is 1. The Labute approximate surface area is 193 Å². The number of aliphatic hydroxyl groups is 5. The normalized spacial score (nSPS) is 29.1. The number of phenols is 1. The topological polar surface area (TPSA) is 183 Å². The van der Waals surface area contributed by atoms with Crippen LogP contribution in [0, 0.1) is 6.92 Å². The highest BCUT2D eigenvalue weighted by Gasteiger charge is 2.45. The van der Waals surface area contributed by atoms with Crippen molar-refractivity contribution in [2.75, 3.05) is 6.61 Å². The minimum Gasteiger partial charge on any atom is -0.507 e. The molecule has 6 N–H and O–H groups in total. The Balaban J connectivity index is 1.85. The van der Waals surface area contributed by atoms with E-state index in [1.54, 1.807) is 6.07 Å². The quantitative estimate of drug-likeness (QED) is 0.245. The van der Waals surface area contributed by atoms with Crippen LogP contribution in [0.5, 0.6) is 17.2 Å². The summed E-state index contributed by atoms with van der Waals surface area (Å²) in [6.07, 6.45) is -8.59. The smallest absolute Gasteiger partial charge is 0.308 e. The molecular weight excluding hydrogens is 452 g/mol. The highest BCUT2D eigenvalue weighted by atomic mass is 16.7. The number of phenolic OH excluding ortho intramolecular Hbond substituents is 1. The number of ketones is 1. The van der Waals surface area contributed by atoms with Gasteiger partial charge in [0, 0.05) is 24.3 Å². The fraction of sp³-hybridized carbons (Fsp3) is 0.478. The van der Waals surface area contributed by atoms with Crippen molar-refractivity contribution in [1.29, 1.82) is 0 Å². The molecule has 0 amide bonds. The number of hydrogen-bond donors (Lipinski definition) is 6. The Morgan fingerprint density at radius 2 is 1.82 bits per heavy atom. The first-order chi connectivity index (χ1) is 16.0. The minimum atomic E-state index is -1.70. The largest absolute Gasteiger partial charge is 0.507 e. The van der Waals surface area contributed by atoms with Gasteiger partial charge in [0.05, 0.1) is 18.3 Å². The number of carbonyl (C=O) groups excluding carboxylic acids is 2. The Morgan fingerprint density at radius 1 is 1.12 bits per heavy atom. The molecule has 1 saturated heterocycles. The second kappa shape index (κ2) is 9.10. The van der Waals surface area contributed by atoms with Crippen LogP contribution in [-0.4, -0.2) is 85.8 Å². The molecule has 4 rings (SSSR count). The van der Waals surface area contributed by atoms with Gasteiger partial charge in [0.25, 0.3) is 0 Å². The first-order valence-corrected chi connectivity index (χ1v) is 10.7. The van der Waals surface area contributed by atoms with Crippen molar-refractivity contribution < 1.29 is 54.4 Å². The number of rotatable bonds is 4. The monoisotopic (exact) mass is 478 g/mol. The number of esters is 1. The molecular formula is C23H26O11. The highest BCUT2D eigenvalue weighted by Crippen LogP contribution is 2.45. The van der Waals surface area contributed by atoms with Gasteiger partial charge >= 0.3 is 5.97 Å². The summed E-state index contributed by atoms with van der Waals surface area (Å²) >= 11 is 0. The van der Waals surface area contributed by atoms with Gasteiger partial charge in [-0.15, -0.1) is 0 Å². The van der Waals surface area contributed by atoms with E-state index in [9.17, 15) is 40.2 Å². The van der Waals surface area contributed by atoms with Gasteiger partial charge in [0.1, 0.15) is 30.2 Å².